The van der Waals surface area contributed by atoms with Gasteiger partial charge in [0.05, 0.1) is 10.4 Å². The molecule has 1 atom stereocenters. The normalized spacial score (nSPS) is 12.8. The van der Waals surface area contributed by atoms with Gasteiger partial charge in [0.2, 0.25) is 0 Å². The van der Waals surface area contributed by atoms with Crippen LogP contribution < -0.4 is 0 Å². The molecule has 2 aromatic carbocycles. The lowest BCUT2D eigenvalue weighted by Crippen LogP contribution is -1.99. The van der Waals surface area contributed by atoms with Crippen LogP contribution in [0.1, 0.15) is 16.5 Å². The zero-order valence-electron chi connectivity index (χ0n) is 9.38. The Morgan fingerprint density at radius 3 is 2.67 bits per heavy atom. The molecule has 0 aliphatic rings. The molecule has 1 N–H and O–H groups in total. The standard InChI is InChI=1S/C14H10BrNOS/c15-14-13(18-8-16-14)12(17)11-7-3-5-9-4-1-2-6-10(9)11/h1-8,12,17H. The topological polar surface area (TPSA) is 33.1 Å². The first kappa shape index (κ1) is 11.8. The maximum atomic E-state index is 10.5. The number of halogens is 1. The molecule has 0 aliphatic carbocycles. The Morgan fingerprint density at radius 1 is 1.11 bits per heavy atom. The second-order valence-corrected chi connectivity index (χ2v) is 5.62. The summed E-state index contributed by atoms with van der Waals surface area (Å²) in [5.41, 5.74) is 2.64. The molecule has 4 heteroatoms. The van der Waals surface area contributed by atoms with Gasteiger partial charge in [0, 0.05) is 0 Å². The van der Waals surface area contributed by atoms with Crippen LogP contribution in [0.5, 0.6) is 0 Å². The lowest BCUT2D eigenvalue weighted by Gasteiger charge is -2.12. The van der Waals surface area contributed by atoms with Gasteiger partial charge in [-0.3, -0.25) is 0 Å². The van der Waals surface area contributed by atoms with Crippen molar-refractivity contribution in [2.75, 3.05) is 0 Å². The number of rotatable bonds is 2. The van der Waals surface area contributed by atoms with Crippen molar-refractivity contribution in [2.24, 2.45) is 0 Å². The highest BCUT2D eigenvalue weighted by atomic mass is 79.9. The van der Waals surface area contributed by atoms with E-state index >= 15 is 0 Å². The van der Waals surface area contributed by atoms with Gasteiger partial charge >= 0.3 is 0 Å². The minimum absolute atomic E-state index is 0.641. The Kier molecular flexibility index (Phi) is 3.16. The Labute approximate surface area is 117 Å². The summed E-state index contributed by atoms with van der Waals surface area (Å²) in [5, 5.41) is 12.7. The lowest BCUT2D eigenvalue weighted by atomic mass is 10.00. The van der Waals surface area contributed by atoms with Crippen molar-refractivity contribution in [1.29, 1.82) is 0 Å². The van der Waals surface area contributed by atoms with Crippen LogP contribution >= 0.6 is 27.3 Å². The molecule has 1 aromatic heterocycles. The molecule has 90 valence electrons. The number of hydrogen-bond acceptors (Lipinski definition) is 3. The lowest BCUT2D eigenvalue weighted by molar-refractivity contribution is 0.224. The van der Waals surface area contributed by atoms with Crippen LogP contribution in [0.4, 0.5) is 0 Å². The third-order valence-electron chi connectivity index (χ3n) is 2.92. The molecule has 3 aromatic rings. The summed E-state index contributed by atoms with van der Waals surface area (Å²) in [5.74, 6) is 0. The molecular weight excluding hydrogens is 310 g/mol. The fourth-order valence-electron chi connectivity index (χ4n) is 2.05. The SMILES string of the molecule is OC(c1scnc1Br)c1cccc2ccccc12. The van der Waals surface area contributed by atoms with Crippen molar-refractivity contribution in [3.8, 4) is 0 Å². The molecule has 1 unspecified atom stereocenters. The number of aliphatic hydroxyl groups is 1. The van der Waals surface area contributed by atoms with Crippen molar-refractivity contribution >= 4 is 38.0 Å². The zero-order chi connectivity index (χ0) is 12.5. The Morgan fingerprint density at radius 2 is 1.89 bits per heavy atom. The van der Waals surface area contributed by atoms with Gasteiger partial charge in [-0.25, -0.2) is 4.98 Å². The van der Waals surface area contributed by atoms with Gasteiger partial charge in [-0.15, -0.1) is 11.3 Å². The Hall–Kier alpha value is -1.23. The number of benzene rings is 2. The molecule has 18 heavy (non-hydrogen) atoms. The average molecular weight is 320 g/mol. The fraction of sp³-hybridized carbons (Fsp3) is 0.0714. The first-order chi connectivity index (χ1) is 8.77. The molecular formula is C14H10BrNOS. The van der Waals surface area contributed by atoms with E-state index in [4.69, 9.17) is 0 Å². The summed E-state index contributed by atoms with van der Waals surface area (Å²) in [4.78, 5) is 4.96. The molecule has 0 saturated heterocycles. The monoisotopic (exact) mass is 319 g/mol. The summed E-state index contributed by atoms with van der Waals surface area (Å²) in [6.45, 7) is 0. The van der Waals surface area contributed by atoms with E-state index in [-0.39, 0.29) is 0 Å². The molecule has 0 saturated carbocycles. The van der Waals surface area contributed by atoms with Gasteiger partial charge in [0.15, 0.2) is 0 Å². The predicted octanol–water partition coefficient (Wildman–Crippen LogP) is 4.14. The maximum Gasteiger partial charge on any atom is 0.123 e. The second-order valence-electron chi connectivity index (χ2n) is 3.98. The van der Waals surface area contributed by atoms with Crippen LogP contribution in [0.15, 0.2) is 52.6 Å². The summed E-state index contributed by atoms with van der Waals surface area (Å²) >= 11 is 4.82. The third kappa shape index (κ3) is 1.96. The summed E-state index contributed by atoms with van der Waals surface area (Å²) in [6, 6.07) is 14.0. The molecule has 0 amide bonds. The maximum absolute atomic E-state index is 10.5. The van der Waals surface area contributed by atoms with Gasteiger partial charge in [-0.2, -0.15) is 0 Å². The minimum Gasteiger partial charge on any atom is -0.383 e. The molecule has 0 aliphatic heterocycles. The van der Waals surface area contributed by atoms with Gasteiger partial charge in [-0.1, -0.05) is 42.5 Å². The quantitative estimate of drug-likeness (QED) is 0.770. The van der Waals surface area contributed by atoms with E-state index in [2.05, 4.69) is 20.9 Å². The van der Waals surface area contributed by atoms with Crippen molar-refractivity contribution in [1.82, 2.24) is 4.98 Å². The van der Waals surface area contributed by atoms with Crippen LogP contribution in [0.25, 0.3) is 10.8 Å². The number of nitrogens with zero attached hydrogens (tertiary/aromatic N) is 1. The van der Waals surface area contributed by atoms with Crippen molar-refractivity contribution < 1.29 is 5.11 Å². The first-order valence-corrected chi connectivity index (χ1v) is 7.19. The van der Waals surface area contributed by atoms with Gasteiger partial charge in [-0.05, 0) is 32.3 Å². The van der Waals surface area contributed by atoms with Crippen molar-refractivity contribution in [3.05, 3.63) is 63.0 Å². The van der Waals surface area contributed by atoms with Gasteiger partial charge < -0.3 is 5.11 Å². The van der Waals surface area contributed by atoms with Crippen LogP contribution in [0.3, 0.4) is 0 Å². The van der Waals surface area contributed by atoms with Crippen LogP contribution in [0.2, 0.25) is 0 Å². The van der Waals surface area contributed by atoms with Crippen molar-refractivity contribution in [3.63, 3.8) is 0 Å². The molecule has 1 heterocycles. The van der Waals surface area contributed by atoms with E-state index in [0.29, 0.717) is 4.60 Å². The van der Waals surface area contributed by atoms with E-state index < -0.39 is 6.10 Å². The minimum atomic E-state index is -0.641. The summed E-state index contributed by atoms with van der Waals surface area (Å²) in [7, 11) is 0. The van der Waals surface area contributed by atoms with E-state index in [9.17, 15) is 5.11 Å². The summed E-state index contributed by atoms with van der Waals surface area (Å²) < 4.78 is 0.716. The second kappa shape index (κ2) is 4.80. The van der Waals surface area contributed by atoms with E-state index in [1.807, 2.05) is 42.5 Å². The van der Waals surface area contributed by atoms with Crippen LogP contribution in [-0.2, 0) is 0 Å². The van der Waals surface area contributed by atoms with E-state index in [1.165, 1.54) is 11.3 Å². The Balaban J connectivity index is 2.18. The largest absolute Gasteiger partial charge is 0.383 e. The highest BCUT2D eigenvalue weighted by Gasteiger charge is 2.17. The number of aliphatic hydroxyl groups excluding tert-OH is 1. The van der Waals surface area contributed by atoms with Crippen LogP contribution in [0, 0.1) is 0 Å². The fourth-order valence-corrected chi connectivity index (χ4v) is 3.46. The molecule has 0 radical (unpaired) electrons. The van der Waals surface area contributed by atoms with Gasteiger partial charge in [0.1, 0.15) is 10.7 Å². The number of aromatic nitrogens is 1. The first-order valence-electron chi connectivity index (χ1n) is 5.52. The highest BCUT2D eigenvalue weighted by Crippen LogP contribution is 2.34. The smallest absolute Gasteiger partial charge is 0.123 e. The van der Waals surface area contributed by atoms with Crippen molar-refractivity contribution in [2.45, 2.75) is 6.10 Å². The highest BCUT2D eigenvalue weighted by molar-refractivity contribution is 9.10. The average Bonchev–Trinajstić information content (AvgIpc) is 2.83. The third-order valence-corrected chi connectivity index (χ3v) is 4.69. The van der Waals surface area contributed by atoms with Gasteiger partial charge in [0.25, 0.3) is 0 Å². The molecule has 0 spiro atoms. The van der Waals surface area contributed by atoms with Crippen LogP contribution in [-0.4, -0.2) is 10.1 Å². The molecule has 2 nitrogen and oxygen atoms in total. The van der Waals surface area contributed by atoms with E-state index in [1.54, 1.807) is 5.51 Å². The molecule has 0 fully saturated rings. The Bertz CT molecular complexity index is 690. The number of thiazole rings is 1. The molecule has 3 rings (SSSR count). The summed E-state index contributed by atoms with van der Waals surface area (Å²) in [6.07, 6.45) is -0.641. The number of fused-ring (bicyclic) bond motifs is 1. The number of hydrogen-bond donors (Lipinski definition) is 1. The predicted molar refractivity (Wildman–Crippen MR) is 77.8 cm³/mol. The zero-order valence-corrected chi connectivity index (χ0v) is 11.8. The molecule has 0 bridgehead atoms. The van der Waals surface area contributed by atoms with E-state index in [0.717, 1.165) is 21.2 Å².